The van der Waals surface area contributed by atoms with Crippen LogP contribution in [-0.4, -0.2) is 73.4 Å². The first-order valence-corrected chi connectivity index (χ1v) is 7.09. The Kier molecular flexibility index (Phi) is 8.78. The van der Waals surface area contributed by atoms with Crippen molar-refractivity contribution in [1.82, 2.24) is 15.1 Å². The van der Waals surface area contributed by atoms with Gasteiger partial charge in [-0.3, -0.25) is 0 Å². The summed E-state index contributed by atoms with van der Waals surface area (Å²) in [5.41, 5.74) is -0.654. The van der Waals surface area contributed by atoms with Gasteiger partial charge < -0.3 is 20.2 Å². The molecule has 0 aromatic heterocycles. The molecular formula is C14H33N3O. The molecule has 18 heavy (non-hydrogen) atoms. The average molecular weight is 259 g/mol. The summed E-state index contributed by atoms with van der Waals surface area (Å²) in [4.78, 5) is 4.53. The molecule has 0 amide bonds. The van der Waals surface area contributed by atoms with Crippen LogP contribution in [0.5, 0.6) is 0 Å². The van der Waals surface area contributed by atoms with E-state index in [0.717, 1.165) is 32.6 Å². The van der Waals surface area contributed by atoms with Gasteiger partial charge in [0.1, 0.15) is 0 Å². The Morgan fingerprint density at radius 2 is 1.83 bits per heavy atom. The van der Waals surface area contributed by atoms with Gasteiger partial charge in [0.25, 0.3) is 0 Å². The monoisotopic (exact) mass is 259 g/mol. The first-order chi connectivity index (χ1) is 8.26. The number of likely N-dealkylation sites (N-methyl/N-ethyl adjacent to an activating group) is 1. The van der Waals surface area contributed by atoms with Crippen molar-refractivity contribution in [2.45, 2.75) is 45.8 Å². The SMILES string of the molecule is CCN(CCCN(C)C)CC(C)(O)CNC(C)C. The summed E-state index contributed by atoms with van der Waals surface area (Å²) in [5.74, 6) is 0. The van der Waals surface area contributed by atoms with Crippen molar-refractivity contribution in [2.75, 3.05) is 46.8 Å². The van der Waals surface area contributed by atoms with Gasteiger partial charge >= 0.3 is 0 Å². The van der Waals surface area contributed by atoms with E-state index < -0.39 is 5.60 Å². The Hall–Kier alpha value is -0.160. The topological polar surface area (TPSA) is 38.7 Å². The quantitative estimate of drug-likeness (QED) is 0.614. The lowest BCUT2D eigenvalue weighted by Crippen LogP contribution is -2.49. The normalized spacial score (nSPS) is 15.7. The first-order valence-electron chi connectivity index (χ1n) is 7.09. The second-order valence-electron chi connectivity index (χ2n) is 6.06. The summed E-state index contributed by atoms with van der Waals surface area (Å²) >= 11 is 0. The Bertz CT molecular complexity index is 205. The number of nitrogens with one attached hydrogen (secondary N) is 1. The van der Waals surface area contributed by atoms with E-state index in [0.29, 0.717) is 12.6 Å². The third-order valence-electron chi connectivity index (χ3n) is 2.98. The Morgan fingerprint density at radius 1 is 1.22 bits per heavy atom. The summed E-state index contributed by atoms with van der Waals surface area (Å²) in [7, 11) is 4.19. The van der Waals surface area contributed by atoms with E-state index in [2.05, 4.69) is 50.0 Å². The maximum Gasteiger partial charge on any atom is 0.0869 e. The molecule has 0 aromatic rings. The Morgan fingerprint density at radius 3 is 2.28 bits per heavy atom. The standard InChI is InChI=1S/C14H33N3O/c1-7-17(10-8-9-16(5)6)12-14(4,18)11-15-13(2)3/h13,15,18H,7-12H2,1-6H3. The Labute approximate surface area is 113 Å². The maximum atomic E-state index is 10.4. The van der Waals surface area contributed by atoms with E-state index in [4.69, 9.17) is 0 Å². The fourth-order valence-corrected chi connectivity index (χ4v) is 1.92. The molecule has 0 spiro atoms. The minimum absolute atomic E-state index is 0.417. The zero-order valence-corrected chi connectivity index (χ0v) is 13.2. The van der Waals surface area contributed by atoms with Crippen LogP contribution in [-0.2, 0) is 0 Å². The van der Waals surface area contributed by atoms with Crippen molar-refractivity contribution in [2.24, 2.45) is 0 Å². The van der Waals surface area contributed by atoms with Crippen LogP contribution in [0.1, 0.15) is 34.1 Å². The van der Waals surface area contributed by atoms with Crippen LogP contribution in [0, 0.1) is 0 Å². The predicted molar refractivity (Wildman–Crippen MR) is 79.0 cm³/mol. The molecule has 1 atom stereocenters. The third-order valence-corrected chi connectivity index (χ3v) is 2.98. The van der Waals surface area contributed by atoms with Crippen molar-refractivity contribution in [3.8, 4) is 0 Å². The smallest absolute Gasteiger partial charge is 0.0869 e. The molecule has 0 saturated heterocycles. The lowest BCUT2D eigenvalue weighted by molar-refractivity contribution is 0.0193. The molecule has 0 aliphatic heterocycles. The third kappa shape index (κ3) is 9.83. The zero-order valence-electron chi connectivity index (χ0n) is 13.2. The number of hydrogen-bond acceptors (Lipinski definition) is 4. The molecule has 2 N–H and O–H groups in total. The summed E-state index contributed by atoms with van der Waals surface area (Å²) < 4.78 is 0. The molecule has 0 rings (SSSR count). The molecule has 0 aromatic carbocycles. The molecule has 0 aliphatic rings. The highest BCUT2D eigenvalue weighted by molar-refractivity contribution is 4.80. The van der Waals surface area contributed by atoms with Crippen LogP contribution in [0.25, 0.3) is 0 Å². The van der Waals surface area contributed by atoms with Crippen LogP contribution in [0.2, 0.25) is 0 Å². The molecule has 0 aliphatic carbocycles. The summed E-state index contributed by atoms with van der Waals surface area (Å²) in [5, 5.41) is 13.7. The van der Waals surface area contributed by atoms with Gasteiger partial charge in [-0.25, -0.2) is 0 Å². The fraction of sp³-hybridized carbons (Fsp3) is 1.00. The van der Waals surface area contributed by atoms with Gasteiger partial charge in [-0.2, -0.15) is 0 Å². The van der Waals surface area contributed by atoms with Gasteiger partial charge in [0.15, 0.2) is 0 Å². The molecular weight excluding hydrogens is 226 g/mol. The fourth-order valence-electron chi connectivity index (χ4n) is 1.92. The molecule has 0 radical (unpaired) electrons. The minimum atomic E-state index is -0.654. The van der Waals surface area contributed by atoms with Gasteiger partial charge in [0, 0.05) is 19.1 Å². The van der Waals surface area contributed by atoms with Crippen LogP contribution < -0.4 is 5.32 Å². The first kappa shape index (κ1) is 17.8. The van der Waals surface area contributed by atoms with Crippen molar-refractivity contribution in [3.63, 3.8) is 0 Å². The van der Waals surface area contributed by atoms with Crippen LogP contribution in [0.4, 0.5) is 0 Å². The van der Waals surface area contributed by atoms with E-state index in [9.17, 15) is 5.11 Å². The lowest BCUT2D eigenvalue weighted by atomic mass is 10.1. The summed E-state index contributed by atoms with van der Waals surface area (Å²) in [6.07, 6.45) is 1.15. The second-order valence-corrected chi connectivity index (χ2v) is 6.06. The van der Waals surface area contributed by atoms with Gasteiger partial charge in [-0.05, 0) is 47.1 Å². The van der Waals surface area contributed by atoms with Gasteiger partial charge in [-0.15, -0.1) is 0 Å². The van der Waals surface area contributed by atoms with E-state index in [1.807, 2.05) is 6.92 Å². The van der Waals surface area contributed by atoms with Gasteiger partial charge in [0.05, 0.1) is 5.60 Å². The molecule has 0 saturated carbocycles. The van der Waals surface area contributed by atoms with Crippen molar-refractivity contribution < 1.29 is 5.11 Å². The predicted octanol–water partition coefficient (Wildman–Crippen LogP) is 1.01. The highest BCUT2D eigenvalue weighted by Gasteiger charge is 2.23. The van der Waals surface area contributed by atoms with Crippen molar-refractivity contribution >= 4 is 0 Å². The highest BCUT2D eigenvalue weighted by atomic mass is 16.3. The Balaban J connectivity index is 4.00. The largest absolute Gasteiger partial charge is 0.388 e. The number of aliphatic hydroxyl groups is 1. The molecule has 0 fully saturated rings. The van der Waals surface area contributed by atoms with E-state index in [1.165, 1.54) is 0 Å². The molecule has 1 unspecified atom stereocenters. The van der Waals surface area contributed by atoms with Crippen molar-refractivity contribution in [1.29, 1.82) is 0 Å². The van der Waals surface area contributed by atoms with Crippen LogP contribution in [0.15, 0.2) is 0 Å². The van der Waals surface area contributed by atoms with E-state index >= 15 is 0 Å². The molecule has 0 heterocycles. The van der Waals surface area contributed by atoms with Crippen molar-refractivity contribution in [3.05, 3.63) is 0 Å². The lowest BCUT2D eigenvalue weighted by Gasteiger charge is -2.32. The molecule has 4 heteroatoms. The average Bonchev–Trinajstić information content (AvgIpc) is 2.24. The maximum absolute atomic E-state index is 10.4. The van der Waals surface area contributed by atoms with Gasteiger partial charge in [0.2, 0.25) is 0 Å². The second kappa shape index (κ2) is 8.86. The van der Waals surface area contributed by atoms with Crippen LogP contribution in [0.3, 0.4) is 0 Å². The minimum Gasteiger partial charge on any atom is -0.388 e. The summed E-state index contributed by atoms with van der Waals surface area (Å²) in [6, 6.07) is 0.417. The highest BCUT2D eigenvalue weighted by Crippen LogP contribution is 2.06. The number of hydrogen-bond donors (Lipinski definition) is 2. The zero-order chi connectivity index (χ0) is 14.2. The van der Waals surface area contributed by atoms with E-state index in [-0.39, 0.29) is 0 Å². The summed E-state index contributed by atoms with van der Waals surface area (Å²) in [6.45, 7) is 12.8. The number of nitrogens with zero attached hydrogens (tertiary/aromatic N) is 2. The molecule has 0 bridgehead atoms. The van der Waals surface area contributed by atoms with E-state index in [1.54, 1.807) is 0 Å². The molecule has 110 valence electrons. The number of rotatable bonds is 10. The van der Waals surface area contributed by atoms with Crippen LogP contribution >= 0.6 is 0 Å². The molecule has 4 nitrogen and oxygen atoms in total. The van der Waals surface area contributed by atoms with Gasteiger partial charge in [-0.1, -0.05) is 20.8 Å².